The summed E-state index contributed by atoms with van der Waals surface area (Å²) in [6.07, 6.45) is 8.51. The van der Waals surface area contributed by atoms with E-state index in [9.17, 15) is 0 Å². The molecule has 2 heterocycles. The lowest BCUT2D eigenvalue weighted by Crippen LogP contribution is -2.30. The summed E-state index contributed by atoms with van der Waals surface area (Å²) in [5.41, 5.74) is 1.27. The van der Waals surface area contributed by atoms with Gasteiger partial charge in [-0.3, -0.25) is 0 Å². The molecule has 0 amide bonds. The molecule has 0 atom stereocenters. The standard InChI is InChI=1S/C17H21N3/c1-2-11-20(12-3-1)17-15-5-4-6-16(19-13-7-8-13)14(15)9-10-18-17/h4-6,9-10,13,19H,1-3,7-8,11-12H2. The number of anilines is 2. The van der Waals surface area contributed by atoms with E-state index in [1.54, 1.807) is 0 Å². The lowest BCUT2D eigenvalue weighted by molar-refractivity contribution is 0.575. The molecule has 0 unspecified atom stereocenters. The average molecular weight is 267 g/mol. The van der Waals surface area contributed by atoms with Crippen LogP contribution in [0.2, 0.25) is 0 Å². The van der Waals surface area contributed by atoms with Gasteiger partial charge in [-0.2, -0.15) is 0 Å². The molecule has 1 aliphatic heterocycles. The van der Waals surface area contributed by atoms with Crippen LogP contribution in [0, 0.1) is 0 Å². The van der Waals surface area contributed by atoms with Gasteiger partial charge in [0.25, 0.3) is 0 Å². The molecular formula is C17H21N3. The van der Waals surface area contributed by atoms with Crippen LogP contribution in [0.15, 0.2) is 30.5 Å². The zero-order valence-corrected chi connectivity index (χ0v) is 11.8. The number of hydrogen-bond acceptors (Lipinski definition) is 3. The SMILES string of the molecule is c1cc(NC2CC2)c2ccnc(N3CCCCC3)c2c1. The topological polar surface area (TPSA) is 28.2 Å². The van der Waals surface area contributed by atoms with Gasteiger partial charge in [0, 0.05) is 41.8 Å². The predicted molar refractivity (Wildman–Crippen MR) is 84.5 cm³/mol. The smallest absolute Gasteiger partial charge is 0.136 e. The highest BCUT2D eigenvalue weighted by Crippen LogP contribution is 2.33. The van der Waals surface area contributed by atoms with Crippen molar-refractivity contribution in [2.24, 2.45) is 0 Å². The number of pyridine rings is 1. The van der Waals surface area contributed by atoms with Crippen molar-refractivity contribution < 1.29 is 0 Å². The van der Waals surface area contributed by atoms with Crippen molar-refractivity contribution >= 4 is 22.3 Å². The molecule has 2 aromatic rings. The van der Waals surface area contributed by atoms with Gasteiger partial charge >= 0.3 is 0 Å². The van der Waals surface area contributed by atoms with E-state index < -0.39 is 0 Å². The number of piperidine rings is 1. The summed E-state index contributed by atoms with van der Waals surface area (Å²) in [6, 6.07) is 9.40. The molecule has 3 heteroatoms. The van der Waals surface area contributed by atoms with E-state index >= 15 is 0 Å². The number of fused-ring (bicyclic) bond motifs is 1. The van der Waals surface area contributed by atoms with E-state index in [1.165, 1.54) is 54.4 Å². The van der Waals surface area contributed by atoms with Crippen LogP contribution in [-0.2, 0) is 0 Å². The molecule has 1 N–H and O–H groups in total. The van der Waals surface area contributed by atoms with Crippen LogP contribution in [0.4, 0.5) is 11.5 Å². The van der Waals surface area contributed by atoms with Crippen molar-refractivity contribution in [1.82, 2.24) is 4.98 Å². The van der Waals surface area contributed by atoms with Crippen LogP contribution < -0.4 is 10.2 Å². The Morgan fingerprint density at radius 1 is 1.00 bits per heavy atom. The van der Waals surface area contributed by atoms with Crippen molar-refractivity contribution in [2.75, 3.05) is 23.3 Å². The largest absolute Gasteiger partial charge is 0.382 e. The van der Waals surface area contributed by atoms with Crippen LogP contribution in [0.25, 0.3) is 10.8 Å². The molecule has 1 aliphatic carbocycles. The monoisotopic (exact) mass is 267 g/mol. The summed E-state index contributed by atoms with van der Waals surface area (Å²) in [5.74, 6) is 1.17. The molecule has 2 fully saturated rings. The zero-order chi connectivity index (χ0) is 13.4. The maximum Gasteiger partial charge on any atom is 0.136 e. The number of nitrogens with zero attached hydrogens (tertiary/aromatic N) is 2. The van der Waals surface area contributed by atoms with Crippen molar-refractivity contribution in [3.05, 3.63) is 30.5 Å². The third-order valence-electron chi connectivity index (χ3n) is 4.38. The first kappa shape index (κ1) is 12.0. The number of nitrogens with one attached hydrogen (secondary N) is 1. The second-order valence-corrected chi connectivity index (χ2v) is 6.00. The molecule has 1 saturated heterocycles. The van der Waals surface area contributed by atoms with E-state index in [1.807, 2.05) is 6.20 Å². The van der Waals surface area contributed by atoms with Crippen LogP contribution in [0.1, 0.15) is 32.1 Å². The van der Waals surface area contributed by atoms with E-state index in [0.717, 1.165) is 13.1 Å². The van der Waals surface area contributed by atoms with E-state index in [0.29, 0.717) is 6.04 Å². The number of rotatable bonds is 3. The highest BCUT2D eigenvalue weighted by Gasteiger charge is 2.22. The quantitative estimate of drug-likeness (QED) is 0.916. The van der Waals surface area contributed by atoms with Crippen LogP contribution in [-0.4, -0.2) is 24.1 Å². The van der Waals surface area contributed by atoms with Gasteiger partial charge in [0.05, 0.1) is 0 Å². The van der Waals surface area contributed by atoms with Gasteiger partial charge in [0.2, 0.25) is 0 Å². The van der Waals surface area contributed by atoms with Gasteiger partial charge in [-0.25, -0.2) is 4.98 Å². The summed E-state index contributed by atoms with van der Waals surface area (Å²) in [7, 11) is 0. The van der Waals surface area contributed by atoms with Crippen LogP contribution in [0.5, 0.6) is 0 Å². The maximum atomic E-state index is 4.66. The van der Waals surface area contributed by atoms with Crippen molar-refractivity contribution in [3.63, 3.8) is 0 Å². The lowest BCUT2D eigenvalue weighted by Gasteiger charge is -2.28. The third kappa shape index (κ3) is 2.21. The Bertz CT molecular complexity index is 613. The molecule has 1 saturated carbocycles. The molecule has 4 rings (SSSR count). The summed E-state index contributed by atoms with van der Waals surface area (Å²) in [4.78, 5) is 7.12. The van der Waals surface area contributed by atoms with Gasteiger partial charge in [0.15, 0.2) is 0 Å². The molecule has 1 aromatic heterocycles. The molecule has 1 aromatic carbocycles. The Morgan fingerprint density at radius 3 is 2.65 bits per heavy atom. The summed E-state index contributed by atoms with van der Waals surface area (Å²) in [6.45, 7) is 2.29. The van der Waals surface area contributed by atoms with Crippen molar-refractivity contribution in [2.45, 2.75) is 38.1 Å². The summed E-state index contributed by atoms with van der Waals surface area (Å²) in [5, 5.41) is 6.25. The number of benzene rings is 1. The van der Waals surface area contributed by atoms with Gasteiger partial charge in [-0.05, 0) is 44.2 Å². The highest BCUT2D eigenvalue weighted by molar-refractivity contribution is 6.00. The van der Waals surface area contributed by atoms with Crippen molar-refractivity contribution in [3.8, 4) is 0 Å². The summed E-state index contributed by atoms with van der Waals surface area (Å²) < 4.78 is 0. The molecule has 2 aliphatic rings. The predicted octanol–water partition coefficient (Wildman–Crippen LogP) is 3.80. The van der Waals surface area contributed by atoms with E-state index in [-0.39, 0.29) is 0 Å². The van der Waals surface area contributed by atoms with Crippen molar-refractivity contribution in [1.29, 1.82) is 0 Å². The fourth-order valence-corrected chi connectivity index (χ4v) is 3.12. The molecule has 0 bridgehead atoms. The molecular weight excluding hydrogens is 246 g/mol. The molecule has 104 valence electrons. The van der Waals surface area contributed by atoms with E-state index in [2.05, 4.69) is 39.5 Å². The number of hydrogen-bond donors (Lipinski definition) is 1. The van der Waals surface area contributed by atoms with E-state index in [4.69, 9.17) is 0 Å². The Hall–Kier alpha value is -1.77. The first-order valence-electron chi connectivity index (χ1n) is 7.81. The minimum absolute atomic E-state index is 0.687. The first-order chi connectivity index (χ1) is 9.92. The normalized spacial score (nSPS) is 19.3. The highest BCUT2D eigenvalue weighted by atomic mass is 15.2. The van der Waals surface area contributed by atoms with Gasteiger partial charge < -0.3 is 10.2 Å². The second-order valence-electron chi connectivity index (χ2n) is 6.00. The van der Waals surface area contributed by atoms with Crippen LogP contribution in [0.3, 0.4) is 0 Å². The Morgan fingerprint density at radius 2 is 1.85 bits per heavy atom. The van der Waals surface area contributed by atoms with Gasteiger partial charge in [0.1, 0.15) is 5.82 Å². The van der Waals surface area contributed by atoms with Crippen LogP contribution >= 0.6 is 0 Å². The Kier molecular flexibility index (Phi) is 2.98. The summed E-state index contributed by atoms with van der Waals surface area (Å²) >= 11 is 0. The fourth-order valence-electron chi connectivity index (χ4n) is 3.12. The first-order valence-corrected chi connectivity index (χ1v) is 7.81. The Balaban J connectivity index is 1.76. The van der Waals surface area contributed by atoms with Gasteiger partial charge in [-0.1, -0.05) is 12.1 Å². The third-order valence-corrected chi connectivity index (χ3v) is 4.38. The number of aromatic nitrogens is 1. The maximum absolute atomic E-state index is 4.66. The minimum atomic E-state index is 0.687. The molecule has 0 radical (unpaired) electrons. The average Bonchev–Trinajstić information content (AvgIpc) is 3.32. The zero-order valence-electron chi connectivity index (χ0n) is 11.8. The molecule has 0 spiro atoms. The minimum Gasteiger partial charge on any atom is -0.382 e. The molecule has 3 nitrogen and oxygen atoms in total. The van der Waals surface area contributed by atoms with Gasteiger partial charge in [-0.15, -0.1) is 0 Å². The molecule has 20 heavy (non-hydrogen) atoms. The Labute approximate surface area is 120 Å². The second kappa shape index (κ2) is 4.97. The fraction of sp³-hybridized carbons (Fsp3) is 0.471. The lowest BCUT2D eigenvalue weighted by atomic mass is 10.1.